The van der Waals surface area contributed by atoms with Crippen molar-refractivity contribution in [2.45, 2.75) is 0 Å². The van der Waals surface area contributed by atoms with Gasteiger partial charge in [-0.2, -0.15) is 34.4 Å². The standard InChI is InChI=1S/BCl3.Ba.2H/c2-1(3)4;;;/q;+2;2*-1. The van der Waals surface area contributed by atoms with Crippen molar-refractivity contribution >= 4 is 88.2 Å². The van der Waals surface area contributed by atoms with Gasteiger partial charge in [0.2, 0.25) is 0 Å². The van der Waals surface area contributed by atoms with Crippen LogP contribution in [0.5, 0.6) is 0 Å². The van der Waals surface area contributed by atoms with Gasteiger partial charge < -0.3 is 2.85 Å². The molecule has 0 radical (unpaired) electrons. The fourth-order valence-electron chi connectivity index (χ4n) is 0. The third-order valence-corrected chi connectivity index (χ3v) is 0. The molecule has 0 N–H and O–H groups in total. The summed E-state index contributed by atoms with van der Waals surface area (Å²) in [6.45, 7) is 0. The molecule has 0 amide bonds. The van der Waals surface area contributed by atoms with Gasteiger partial charge in [-0.25, -0.2) is 0 Å². The van der Waals surface area contributed by atoms with Gasteiger partial charge in [0.05, 0.1) is 0 Å². The topological polar surface area (TPSA) is 0 Å². The Bertz CT molecular complexity index is 17.7. The van der Waals surface area contributed by atoms with Crippen molar-refractivity contribution < 1.29 is 2.85 Å². The molecule has 0 nitrogen and oxygen atoms in total. The van der Waals surface area contributed by atoms with Crippen molar-refractivity contribution in [1.82, 2.24) is 0 Å². The van der Waals surface area contributed by atoms with Crippen molar-refractivity contribution in [1.29, 1.82) is 0 Å². The average molecular weight is 257 g/mol. The molecule has 0 aliphatic rings. The van der Waals surface area contributed by atoms with Gasteiger partial charge in [-0.15, -0.1) is 0 Å². The van der Waals surface area contributed by atoms with Crippen LogP contribution in [0.1, 0.15) is 2.85 Å². The Labute approximate surface area is 89.4 Å². The minimum atomic E-state index is -0.750. The third-order valence-electron chi connectivity index (χ3n) is 0. The van der Waals surface area contributed by atoms with Gasteiger partial charge in [0.15, 0.2) is 0 Å². The molecule has 5 heavy (non-hydrogen) atoms. The maximum Gasteiger partial charge on any atom is 2.00 e. The molecule has 0 spiro atoms. The normalized spacial score (nSPS) is 5.40. The maximum atomic E-state index is 4.81. The predicted octanol–water partition coefficient (Wildman–Crippen LogP) is 1.53. The van der Waals surface area contributed by atoms with Gasteiger partial charge in [0.1, 0.15) is 0 Å². The van der Waals surface area contributed by atoms with Gasteiger partial charge in [0.25, 0.3) is 0 Å². The summed E-state index contributed by atoms with van der Waals surface area (Å²) in [6.07, 6.45) is 0. The molecule has 0 aliphatic carbocycles. The van der Waals surface area contributed by atoms with Gasteiger partial charge >= 0.3 is 53.8 Å². The fraction of sp³-hybridized carbons (Fsp3) is 0. The first-order valence-corrected chi connectivity index (χ1v) is 1.96. The molecule has 28 valence electrons. The van der Waals surface area contributed by atoms with Crippen LogP contribution < -0.4 is 0 Å². The molecule has 0 rings (SSSR count). The molecule has 5 heteroatoms. The summed E-state index contributed by atoms with van der Waals surface area (Å²) in [7, 11) is 0. The van der Waals surface area contributed by atoms with Gasteiger partial charge in [-0.3, -0.25) is 0 Å². The second kappa shape index (κ2) is 6.51. The molecule has 0 aromatic carbocycles. The largest absolute Gasteiger partial charge is 2.00 e. The quantitative estimate of drug-likeness (QED) is 0.577. The van der Waals surface area contributed by atoms with Crippen molar-refractivity contribution in [2.75, 3.05) is 0 Å². The van der Waals surface area contributed by atoms with E-state index >= 15 is 0 Å². The summed E-state index contributed by atoms with van der Waals surface area (Å²) in [4.78, 5) is -0.750. The van der Waals surface area contributed by atoms with E-state index in [1.807, 2.05) is 0 Å². The molecule has 0 unspecified atom stereocenters. The first kappa shape index (κ1) is 10.5. The summed E-state index contributed by atoms with van der Waals surface area (Å²) in [5.41, 5.74) is 0. The Balaban J connectivity index is -0.0000000150. The fourth-order valence-corrected chi connectivity index (χ4v) is 0. The molecule has 0 heterocycles. The van der Waals surface area contributed by atoms with Crippen LogP contribution in [-0.2, 0) is 0 Å². The van der Waals surface area contributed by atoms with Crippen molar-refractivity contribution in [3.8, 4) is 0 Å². The number of rotatable bonds is 0. The van der Waals surface area contributed by atoms with Gasteiger partial charge in [-0.1, -0.05) is 0 Å². The molecule has 0 bridgehead atoms. The minimum Gasteiger partial charge on any atom is -1.00 e. The molecule has 0 saturated carbocycles. The van der Waals surface area contributed by atoms with E-state index in [-0.39, 0.29) is 51.7 Å². The third kappa shape index (κ3) is 21.0. The van der Waals surface area contributed by atoms with Crippen LogP contribution in [0.3, 0.4) is 0 Å². The molecule has 0 aliphatic heterocycles. The Morgan fingerprint density at radius 1 is 1.20 bits per heavy atom. The van der Waals surface area contributed by atoms with E-state index in [0.29, 0.717) is 0 Å². The molecule has 0 fully saturated rings. The summed E-state index contributed by atoms with van der Waals surface area (Å²) < 4.78 is 0. The zero-order valence-corrected chi connectivity index (χ0v) is 9.13. The Morgan fingerprint density at radius 2 is 1.20 bits per heavy atom. The zero-order chi connectivity index (χ0) is 3.58. The monoisotopic (exact) mass is 256 g/mol. The van der Waals surface area contributed by atoms with Crippen LogP contribution in [-0.4, -0.2) is 53.8 Å². The maximum absolute atomic E-state index is 4.81. The summed E-state index contributed by atoms with van der Waals surface area (Å²) in [6, 6.07) is 0. The second-order valence-corrected chi connectivity index (χ2v) is 2.23. The summed E-state index contributed by atoms with van der Waals surface area (Å²) >= 11 is 14.4. The molecule has 0 atom stereocenters. The van der Waals surface area contributed by atoms with Crippen molar-refractivity contribution in [3.05, 3.63) is 0 Å². The van der Waals surface area contributed by atoms with Crippen molar-refractivity contribution in [2.24, 2.45) is 0 Å². The SMILES string of the molecule is ClB(Cl)Cl.[Ba+2].[H-].[H-]. The van der Waals surface area contributed by atoms with E-state index in [1.165, 1.54) is 0 Å². The summed E-state index contributed by atoms with van der Waals surface area (Å²) in [5.74, 6) is 0. The number of hydrogen-bond donors (Lipinski definition) is 0. The first-order chi connectivity index (χ1) is 1.73. The minimum absolute atomic E-state index is 0. The van der Waals surface area contributed by atoms with E-state index in [9.17, 15) is 0 Å². The first-order valence-electron chi connectivity index (χ1n) is 0.655. The van der Waals surface area contributed by atoms with Crippen LogP contribution in [0.25, 0.3) is 0 Å². The van der Waals surface area contributed by atoms with Crippen LogP contribution in [0, 0.1) is 0 Å². The van der Waals surface area contributed by atoms with E-state index in [1.54, 1.807) is 0 Å². The van der Waals surface area contributed by atoms with Crippen LogP contribution >= 0.6 is 34.4 Å². The zero-order valence-electron chi connectivity index (χ0n) is 4.42. The molecule has 0 aromatic rings. The van der Waals surface area contributed by atoms with Crippen molar-refractivity contribution in [3.63, 3.8) is 0 Å². The van der Waals surface area contributed by atoms with E-state index in [0.717, 1.165) is 0 Å². The number of hydrogen-bond acceptors (Lipinski definition) is 0. The van der Waals surface area contributed by atoms with Crippen LogP contribution in [0.15, 0.2) is 0 Å². The van der Waals surface area contributed by atoms with Crippen LogP contribution in [0.4, 0.5) is 0 Å². The summed E-state index contributed by atoms with van der Waals surface area (Å²) in [5, 5.41) is 0. The van der Waals surface area contributed by atoms with E-state index in [4.69, 9.17) is 34.4 Å². The van der Waals surface area contributed by atoms with E-state index < -0.39 is 4.96 Å². The van der Waals surface area contributed by atoms with E-state index in [2.05, 4.69) is 0 Å². The smallest absolute Gasteiger partial charge is 1.00 e. The second-order valence-electron chi connectivity index (χ2n) is 0.247. The average Bonchev–Trinajstić information content (AvgIpc) is 0.811. The van der Waals surface area contributed by atoms with Crippen LogP contribution in [0.2, 0.25) is 0 Å². The molecule has 0 aromatic heterocycles. The Kier molecular flexibility index (Phi) is 13.6. The van der Waals surface area contributed by atoms with Gasteiger partial charge in [-0.05, 0) is 0 Å². The molecule has 0 saturated heterocycles. The molecular weight excluding hydrogens is 254 g/mol. The Morgan fingerprint density at radius 3 is 1.20 bits per heavy atom. The molecular formula is H2BBaCl3. The predicted molar refractivity (Wildman–Crippen MR) is 31.3 cm³/mol. The number of halogens is 3. The Hall–Kier alpha value is 2.51. The van der Waals surface area contributed by atoms with Gasteiger partial charge in [0, 0.05) is 0 Å².